The number of ether oxygens (including phenoxy) is 2. The first-order valence-corrected chi connectivity index (χ1v) is 10.5. The van der Waals surface area contributed by atoms with E-state index >= 15 is 0 Å². The third kappa shape index (κ3) is 4.72. The Bertz CT molecular complexity index is 1090. The molecular weight excluding hydrogens is 408 g/mol. The Morgan fingerprint density at radius 2 is 1.91 bits per heavy atom. The maximum atomic E-state index is 12.3. The normalized spacial score (nSPS) is 16.1. The van der Waals surface area contributed by atoms with Crippen molar-refractivity contribution in [3.05, 3.63) is 42.7 Å². The van der Waals surface area contributed by atoms with Gasteiger partial charge in [0.1, 0.15) is 12.7 Å². The fraction of sp³-hybridized carbons (Fsp3) is 0.391. The van der Waals surface area contributed by atoms with Gasteiger partial charge in [0.2, 0.25) is 5.88 Å². The van der Waals surface area contributed by atoms with Gasteiger partial charge in [-0.25, -0.2) is 14.8 Å². The molecule has 32 heavy (non-hydrogen) atoms. The fourth-order valence-corrected chi connectivity index (χ4v) is 3.57. The molecule has 1 aliphatic heterocycles. The number of fused-ring (bicyclic) bond motifs is 1. The van der Waals surface area contributed by atoms with Gasteiger partial charge in [-0.1, -0.05) is 12.1 Å². The number of pyridine rings is 1. The van der Waals surface area contributed by atoms with Crippen LogP contribution in [0.1, 0.15) is 0 Å². The van der Waals surface area contributed by atoms with Crippen molar-refractivity contribution in [1.29, 1.82) is 0 Å². The molecule has 0 bridgehead atoms. The zero-order chi connectivity index (χ0) is 22.7. The van der Waals surface area contributed by atoms with Crippen LogP contribution in [0, 0.1) is 0 Å². The Morgan fingerprint density at radius 1 is 1.16 bits per heavy atom. The van der Waals surface area contributed by atoms with Crippen molar-refractivity contribution in [2.45, 2.75) is 6.10 Å². The van der Waals surface area contributed by atoms with Crippen LogP contribution in [0.2, 0.25) is 0 Å². The van der Waals surface area contributed by atoms with E-state index in [-0.39, 0.29) is 18.7 Å². The summed E-state index contributed by atoms with van der Waals surface area (Å²) >= 11 is 0. The SMILES string of the molecule is CN(C)C(=O)N1CCO[C@H](COc2nc(-c3ccc(N(C)C)cc3)cc3nccnc23)C1. The Morgan fingerprint density at radius 3 is 2.62 bits per heavy atom. The van der Waals surface area contributed by atoms with Gasteiger partial charge in [-0.3, -0.25) is 4.98 Å². The minimum atomic E-state index is -0.246. The number of nitrogens with zero attached hydrogens (tertiary/aromatic N) is 6. The maximum absolute atomic E-state index is 12.3. The molecule has 0 N–H and O–H groups in total. The summed E-state index contributed by atoms with van der Waals surface area (Å²) in [6, 6.07) is 10.0. The van der Waals surface area contributed by atoms with Crippen molar-refractivity contribution in [2.75, 3.05) is 59.4 Å². The van der Waals surface area contributed by atoms with Crippen LogP contribution in [0.25, 0.3) is 22.3 Å². The van der Waals surface area contributed by atoms with Crippen molar-refractivity contribution < 1.29 is 14.3 Å². The molecule has 2 amide bonds. The predicted molar refractivity (Wildman–Crippen MR) is 123 cm³/mol. The lowest BCUT2D eigenvalue weighted by Gasteiger charge is -2.34. The zero-order valence-electron chi connectivity index (χ0n) is 18.9. The molecule has 2 aromatic heterocycles. The van der Waals surface area contributed by atoms with Gasteiger partial charge in [0.15, 0.2) is 5.52 Å². The number of carbonyl (C=O) groups is 1. The summed E-state index contributed by atoms with van der Waals surface area (Å²) < 4.78 is 11.9. The number of morpholine rings is 1. The van der Waals surface area contributed by atoms with Crippen LogP contribution < -0.4 is 9.64 Å². The molecule has 168 valence electrons. The van der Waals surface area contributed by atoms with Crippen molar-refractivity contribution in [3.8, 4) is 17.1 Å². The maximum Gasteiger partial charge on any atom is 0.319 e. The van der Waals surface area contributed by atoms with E-state index in [1.165, 1.54) is 0 Å². The topological polar surface area (TPSA) is 83.9 Å². The molecule has 9 nitrogen and oxygen atoms in total. The van der Waals surface area contributed by atoms with E-state index < -0.39 is 0 Å². The molecule has 1 aromatic carbocycles. The van der Waals surface area contributed by atoms with E-state index in [4.69, 9.17) is 14.5 Å². The van der Waals surface area contributed by atoms with E-state index in [1.54, 1.807) is 36.3 Å². The summed E-state index contributed by atoms with van der Waals surface area (Å²) in [5.41, 5.74) is 4.13. The number of amides is 2. The highest BCUT2D eigenvalue weighted by Crippen LogP contribution is 2.28. The molecule has 4 rings (SSSR count). The van der Waals surface area contributed by atoms with Gasteiger partial charge >= 0.3 is 6.03 Å². The number of aromatic nitrogens is 3. The molecule has 3 aromatic rings. The molecule has 1 saturated heterocycles. The third-order valence-corrected chi connectivity index (χ3v) is 5.30. The highest BCUT2D eigenvalue weighted by Gasteiger charge is 2.26. The lowest BCUT2D eigenvalue weighted by molar-refractivity contribution is -0.0382. The first-order chi connectivity index (χ1) is 15.4. The second-order valence-corrected chi connectivity index (χ2v) is 8.10. The molecule has 1 fully saturated rings. The van der Waals surface area contributed by atoms with Crippen LogP contribution in [0.4, 0.5) is 10.5 Å². The van der Waals surface area contributed by atoms with Gasteiger partial charge in [0.25, 0.3) is 0 Å². The first-order valence-electron chi connectivity index (χ1n) is 10.5. The molecule has 0 aliphatic carbocycles. The average molecular weight is 437 g/mol. The predicted octanol–water partition coefficient (Wildman–Crippen LogP) is 2.52. The van der Waals surface area contributed by atoms with Crippen molar-refractivity contribution in [1.82, 2.24) is 24.8 Å². The Hall–Kier alpha value is -3.46. The van der Waals surface area contributed by atoms with Crippen LogP contribution in [-0.4, -0.2) is 91.4 Å². The second-order valence-electron chi connectivity index (χ2n) is 8.10. The minimum Gasteiger partial charge on any atom is -0.473 e. The third-order valence-electron chi connectivity index (χ3n) is 5.30. The van der Waals surface area contributed by atoms with E-state index in [0.29, 0.717) is 36.6 Å². The number of rotatable bonds is 5. The van der Waals surface area contributed by atoms with Gasteiger partial charge in [0.05, 0.1) is 24.4 Å². The first kappa shape index (κ1) is 21.8. The summed E-state index contributed by atoms with van der Waals surface area (Å²) in [5.74, 6) is 0.405. The molecule has 0 saturated carbocycles. The summed E-state index contributed by atoms with van der Waals surface area (Å²) in [5, 5.41) is 0. The standard InChI is InChI=1S/C23H28N6O3/c1-27(2)17-7-5-16(6-8-17)19-13-20-21(25-10-9-24-20)22(26-19)32-15-18-14-29(11-12-31-18)23(30)28(3)4/h5-10,13,18H,11-12,14-15H2,1-4H3/t18-/m0/s1. The van der Waals surface area contributed by atoms with Gasteiger partial charge in [-0.15, -0.1) is 0 Å². The highest BCUT2D eigenvalue weighted by atomic mass is 16.5. The monoisotopic (exact) mass is 436 g/mol. The number of anilines is 1. The Balaban J connectivity index is 1.56. The summed E-state index contributed by atoms with van der Waals surface area (Å²) in [7, 11) is 7.50. The van der Waals surface area contributed by atoms with Crippen LogP contribution in [0.3, 0.4) is 0 Å². The molecule has 1 atom stereocenters. The van der Waals surface area contributed by atoms with E-state index in [1.807, 2.05) is 49.3 Å². The van der Waals surface area contributed by atoms with Gasteiger partial charge in [0, 0.05) is 58.4 Å². The van der Waals surface area contributed by atoms with Crippen LogP contribution in [0.5, 0.6) is 5.88 Å². The quantitative estimate of drug-likeness (QED) is 0.608. The average Bonchev–Trinajstić information content (AvgIpc) is 2.82. The van der Waals surface area contributed by atoms with E-state index in [0.717, 1.165) is 16.9 Å². The van der Waals surface area contributed by atoms with Crippen molar-refractivity contribution in [2.24, 2.45) is 0 Å². The zero-order valence-corrected chi connectivity index (χ0v) is 18.9. The molecular formula is C23H28N6O3. The van der Waals surface area contributed by atoms with Gasteiger partial charge in [-0.05, 0) is 18.2 Å². The van der Waals surface area contributed by atoms with E-state index in [2.05, 4.69) is 9.97 Å². The van der Waals surface area contributed by atoms with Crippen LogP contribution in [-0.2, 0) is 4.74 Å². The molecule has 0 unspecified atom stereocenters. The number of benzene rings is 1. The molecule has 0 spiro atoms. The lowest BCUT2D eigenvalue weighted by atomic mass is 10.1. The largest absolute Gasteiger partial charge is 0.473 e. The summed E-state index contributed by atoms with van der Waals surface area (Å²) in [4.78, 5) is 31.3. The van der Waals surface area contributed by atoms with Crippen molar-refractivity contribution in [3.63, 3.8) is 0 Å². The molecule has 3 heterocycles. The van der Waals surface area contributed by atoms with Crippen LogP contribution >= 0.6 is 0 Å². The number of urea groups is 1. The molecule has 9 heteroatoms. The van der Waals surface area contributed by atoms with E-state index in [9.17, 15) is 4.79 Å². The Kier molecular flexibility index (Phi) is 6.36. The second kappa shape index (κ2) is 9.35. The lowest BCUT2D eigenvalue weighted by Crippen LogP contribution is -2.50. The summed E-state index contributed by atoms with van der Waals surface area (Å²) in [6.07, 6.45) is 3.03. The smallest absolute Gasteiger partial charge is 0.319 e. The number of carbonyl (C=O) groups excluding carboxylic acids is 1. The van der Waals surface area contributed by atoms with Gasteiger partial charge < -0.3 is 24.2 Å². The Labute approximate surface area is 187 Å². The number of hydrogen-bond donors (Lipinski definition) is 0. The minimum absolute atomic E-state index is 0.0316. The number of hydrogen-bond acceptors (Lipinski definition) is 7. The molecule has 1 aliphatic rings. The summed E-state index contributed by atoms with van der Waals surface area (Å²) in [6.45, 7) is 1.77. The highest BCUT2D eigenvalue weighted by molar-refractivity contribution is 5.83. The molecule has 0 radical (unpaired) electrons. The van der Waals surface area contributed by atoms with Crippen LogP contribution in [0.15, 0.2) is 42.7 Å². The van der Waals surface area contributed by atoms with Gasteiger partial charge in [-0.2, -0.15) is 0 Å². The fourth-order valence-electron chi connectivity index (χ4n) is 3.57. The van der Waals surface area contributed by atoms with Crippen molar-refractivity contribution >= 4 is 22.8 Å².